The molecule has 4 heterocycles. The summed E-state index contributed by atoms with van der Waals surface area (Å²) in [5, 5.41) is 12.1. The fraction of sp³-hybridized carbons (Fsp3) is 0.269. The van der Waals surface area contributed by atoms with Crippen LogP contribution in [0.2, 0.25) is 5.02 Å². The molecule has 0 bridgehead atoms. The van der Waals surface area contributed by atoms with Crippen LogP contribution in [-0.4, -0.2) is 50.8 Å². The van der Waals surface area contributed by atoms with Crippen molar-refractivity contribution in [1.82, 2.24) is 30.0 Å². The lowest BCUT2D eigenvalue weighted by Gasteiger charge is -2.24. The van der Waals surface area contributed by atoms with Crippen LogP contribution in [0.3, 0.4) is 0 Å². The van der Waals surface area contributed by atoms with E-state index in [0.717, 1.165) is 22.8 Å². The van der Waals surface area contributed by atoms with Crippen LogP contribution in [0.4, 0.5) is 11.6 Å². The summed E-state index contributed by atoms with van der Waals surface area (Å²) in [5.41, 5.74) is 3.77. The standard InChI is InChI=1S/C26H27ClN8O/c1-16(2)33(4)24-12-17-18(21(31-24)13-28-3)14-34(26(17)36)23-11-7-9-20(30-23)25-32-29-15-35(25)22-10-6-5-8-19(22)27/h5-12,15-16,28H,13-14H2,1-4H3. The van der Waals surface area contributed by atoms with Gasteiger partial charge < -0.3 is 10.2 Å². The number of pyridine rings is 2. The molecule has 3 aromatic heterocycles. The molecule has 0 atom stereocenters. The van der Waals surface area contributed by atoms with E-state index in [-0.39, 0.29) is 11.9 Å². The van der Waals surface area contributed by atoms with E-state index in [1.807, 2.05) is 62.6 Å². The summed E-state index contributed by atoms with van der Waals surface area (Å²) < 4.78 is 1.79. The number of rotatable bonds is 7. The van der Waals surface area contributed by atoms with E-state index in [1.165, 1.54) is 0 Å². The summed E-state index contributed by atoms with van der Waals surface area (Å²) in [6, 6.07) is 15.1. The van der Waals surface area contributed by atoms with Crippen molar-refractivity contribution in [1.29, 1.82) is 0 Å². The Labute approximate surface area is 214 Å². The first kappa shape index (κ1) is 23.9. The van der Waals surface area contributed by atoms with Gasteiger partial charge in [-0.15, -0.1) is 10.2 Å². The second-order valence-electron chi connectivity index (χ2n) is 8.94. The van der Waals surface area contributed by atoms with Crippen molar-refractivity contribution in [2.45, 2.75) is 33.0 Å². The van der Waals surface area contributed by atoms with Crippen molar-refractivity contribution < 1.29 is 4.79 Å². The number of nitrogens with one attached hydrogen (secondary N) is 1. The number of benzene rings is 1. The van der Waals surface area contributed by atoms with E-state index >= 15 is 0 Å². The lowest BCUT2D eigenvalue weighted by atomic mass is 10.1. The Morgan fingerprint density at radius 2 is 1.94 bits per heavy atom. The fourth-order valence-corrected chi connectivity index (χ4v) is 4.45. The number of hydrogen-bond acceptors (Lipinski definition) is 7. The third-order valence-electron chi connectivity index (χ3n) is 6.37. The van der Waals surface area contributed by atoms with Gasteiger partial charge in [0.15, 0.2) is 5.82 Å². The van der Waals surface area contributed by atoms with Gasteiger partial charge in [0.2, 0.25) is 0 Å². The number of carbonyl (C=O) groups excluding carboxylic acids is 1. The van der Waals surface area contributed by atoms with Crippen LogP contribution in [-0.2, 0) is 13.1 Å². The maximum Gasteiger partial charge on any atom is 0.260 e. The van der Waals surface area contributed by atoms with Crippen LogP contribution in [0.15, 0.2) is 54.9 Å². The normalized spacial score (nSPS) is 12.9. The molecule has 1 aromatic carbocycles. The van der Waals surface area contributed by atoms with E-state index in [1.54, 1.807) is 15.8 Å². The minimum absolute atomic E-state index is 0.0969. The molecule has 1 amide bonds. The number of amides is 1. The molecule has 0 radical (unpaired) electrons. The van der Waals surface area contributed by atoms with Gasteiger partial charge in [-0.25, -0.2) is 9.97 Å². The second kappa shape index (κ2) is 9.67. The molecule has 10 heteroatoms. The van der Waals surface area contributed by atoms with Gasteiger partial charge >= 0.3 is 0 Å². The maximum absolute atomic E-state index is 13.6. The Kier molecular flexibility index (Phi) is 6.42. The molecular weight excluding hydrogens is 476 g/mol. The zero-order valence-corrected chi connectivity index (χ0v) is 21.4. The van der Waals surface area contributed by atoms with Crippen LogP contribution in [0.1, 0.15) is 35.5 Å². The molecule has 36 heavy (non-hydrogen) atoms. The van der Waals surface area contributed by atoms with Gasteiger partial charge in [0, 0.05) is 25.2 Å². The van der Waals surface area contributed by atoms with E-state index < -0.39 is 0 Å². The molecule has 0 unspecified atom stereocenters. The molecule has 0 spiro atoms. The summed E-state index contributed by atoms with van der Waals surface area (Å²) in [7, 11) is 3.86. The first-order valence-corrected chi connectivity index (χ1v) is 12.1. The molecule has 0 saturated carbocycles. The van der Waals surface area contributed by atoms with Crippen molar-refractivity contribution in [2.24, 2.45) is 0 Å². The molecule has 1 aliphatic rings. The Bertz CT molecular complexity index is 1430. The molecule has 1 aliphatic heterocycles. The van der Waals surface area contributed by atoms with E-state index in [0.29, 0.717) is 41.0 Å². The van der Waals surface area contributed by atoms with Gasteiger partial charge in [0.1, 0.15) is 23.7 Å². The van der Waals surface area contributed by atoms with Crippen LogP contribution >= 0.6 is 11.6 Å². The lowest BCUT2D eigenvalue weighted by Crippen LogP contribution is -2.27. The predicted molar refractivity (Wildman–Crippen MR) is 141 cm³/mol. The van der Waals surface area contributed by atoms with Crippen molar-refractivity contribution >= 4 is 29.1 Å². The highest BCUT2D eigenvalue weighted by atomic mass is 35.5. The van der Waals surface area contributed by atoms with Crippen LogP contribution < -0.4 is 15.1 Å². The minimum atomic E-state index is -0.0969. The number of anilines is 2. The molecular formula is C26H27ClN8O. The summed E-state index contributed by atoms with van der Waals surface area (Å²) >= 11 is 6.41. The van der Waals surface area contributed by atoms with Gasteiger partial charge in [0.25, 0.3) is 5.91 Å². The maximum atomic E-state index is 13.6. The van der Waals surface area contributed by atoms with Crippen molar-refractivity contribution in [3.05, 3.63) is 76.7 Å². The second-order valence-corrected chi connectivity index (χ2v) is 9.34. The number of nitrogens with zero attached hydrogens (tertiary/aromatic N) is 7. The molecule has 184 valence electrons. The smallest absolute Gasteiger partial charge is 0.260 e. The summed E-state index contributed by atoms with van der Waals surface area (Å²) in [5.74, 6) is 1.75. The van der Waals surface area contributed by atoms with Gasteiger partial charge in [-0.05, 0) is 51.2 Å². The lowest BCUT2D eigenvalue weighted by molar-refractivity contribution is 0.0996. The summed E-state index contributed by atoms with van der Waals surface area (Å²) in [6.07, 6.45) is 1.60. The Hall–Kier alpha value is -3.82. The Morgan fingerprint density at radius 3 is 2.69 bits per heavy atom. The Morgan fingerprint density at radius 1 is 1.14 bits per heavy atom. The molecule has 4 aromatic rings. The van der Waals surface area contributed by atoms with E-state index in [2.05, 4.69) is 34.3 Å². The number of para-hydroxylation sites is 1. The average molecular weight is 503 g/mol. The van der Waals surface area contributed by atoms with Crippen molar-refractivity contribution in [2.75, 3.05) is 23.9 Å². The topological polar surface area (TPSA) is 92.1 Å². The highest BCUT2D eigenvalue weighted by molar-refractivity contribution is 6.32. The summed E-state index contributed by atoms with van der Waals surface area (Å²) in [6.45, 7) is 5.16. The first-order chi connectivity index (χ1) is 17.4. The van der Waals surface area contributed by atoms with Crippen LogP contribution in [0.5, 0.6) is 0 Å². The minimum Gasteiger partial charge on any atom is -0.357 e. The quantitative estimate of drug-likeness (QED) is 0.406. The van der Waals surface area contributed by atoms with Gasteiger partial charge in [-0.2, -0.15) is 0 Å². The predicted octanol–water partition coefficient (Wildman–Crippen LogP) is 4.10. The van der Waals surface area contributed by atoms with Crippen molar-refractivity contribution in [3.63, 3.8) is 0 Å². The van der Waals surface area contributed by atoms with Gasteiger partial charge in [0.05, 0.1) is 28.5 Å². The molecule has 0 fully saturated rings. The zero-order valence-electron chi connectivity index (χ0n) is 20.6. The average Bonchev–Trinajstić information content (AvgIpc) is 3.49. The molecule has 5 rings (SSSR count). The van der Waals surface area contributed by atoms with Gasteiger partial charge in [-0.3, -0.25) is 14.3 Å². The Balaban J connectivity index is 1.52. The van der Waals surface area contributed by atoms with E-state index in [4.69, 9.17) is 21.6 Å². The highest BCUT2D eigenvalue weighted by Crippen LogP contribution is 2.33. The third-order valence-corrected chi connectivity index (χ3v) is 6.69. The molecule has 9 nitrogen and oxygen atoms in total. The fourth-order valence-electron chi connectivity index (χ4n) is 4.23. The summed E-state index contributed by atoms with van der Waals surface area (Å²) in [4.78, 5) is 27.0. The first-order valence-electron chi connectivity index (χ1n) is 11.7. The molecule has 0 saturated heterocycles. The third kappa shape index (κ3) is 4.20. The van der Waals surface area contributed by atoms with Crippen molar-refractivity contribution in [3.8, 4) is 17.2 Å². The van der Waals surface area contributed by atoms with E-state index in [9.17, 15) is 4.79 Å². The zero-order chi connectivity index (χ0) is 25.4. The SMILES string of the molecule is CNCc1nc(N(C)C(C)C)cc2c1CN(c1cccc(-c3nncn3-c3ccccc3Cl)n1)C2=O. The number of fused-ring (bicyclic) bond motifs is 1. The number of aromatic nitrogens is 5. The number of halogens is 1. The van der Waals surface area contributed by atoms with Gasteiger partial charge in [-0.1, -0.05) is 29.8 Å². The monoisotopic (exact) mass is 502 g/mol. The van der Waals surface area contributed by atoms with Crippen LogP contribution in [0, 0.1) is 0 Å². The van der Waals surface area contributed by atoms with Crippen LogP contribution in [0.25, 0.3) is 17.2 Å². The largest absolute Gasteiger partial charge is 0.357 e. The molecule has 0 aliphatic carbocycles. The molecule has 1 N–H and O–H groups in total. The number of carbonyl (C=O) groups is 1. The highest BCUT2D eigenvalue weighted by Gasteiger charge is 2.33. The number of hydrogen-bond donors (Lipinski definition) is 1.